The van der Waals surface area contributed by atoms with Crippen molar-refractivity contribution in [3.8, 4) is 183 Å². The maximum absolute atomic E-state index is 12.0. The number of phenolic OH excluding ortho intramolecular Hbond substituents is 28. The number of anilines is 3. The van der Waals surface area contributed by atoms with Gasteiger partial charge in [-0.3, -0.25) is 4.90 Å². The Balaban J connectivity index is 1.43. The zero-order valence-electron chi connectivity index (χ0n) is 36.0. The smallest absolute Gasteiger partial charge is 0.208 e. The zero-order valence-corrected chi connectivity index (χ0v) is 36.0. The molecule has 0 amide bonds. The number of hydrogen-bond acceptors (Lipinski definition) is 30. The van der Waals surface area contributed by atoms with Crippen LogP contribution in [0.15, 0.2) is 4.42 Å². The normalized spacial score (nSPS) is 11.7. The summed E-state index contributed by atoms with van der Waals surface area (Å²) in [4.78, 5) is -0.215. The first-order chi connectivity index (χ1) is 34.9. The van der Waals surface area contributed by atoms with Crippen LogP contribution in [0.2, 0.25) is 0 Å². The van der Waals surface area contributed by atoms with Crippen molar-refractivity contribution >= 4 is 73.9 Å². The van der Waals surface area contributed by atoms with Crippen LogP contribution in [0.3, 0.4) is 0 Å². The van der Waals surface area contributed by atoms with Crippen LogP contribution < -0.4 is 10.4 Å². The van der Waals surface area contributed by atoms with E-state index in [0.29, 0.717) is 0 Å². The summed E-state index contributed by atoms with van der Waals surface area (Å²) in [5.74, 6) is -47.5. The van der Waals surface area contributed by atoms with Crippen molar-refractivity contribution in [1.82, 2.24) is 0 Å². The minimum absolute atomic E-state index is 0.215. The first kappa shape index (κ1) is 48.4. The molecular formula is C44H28BNO29. The van der Waals surface area contributed by atoms with Crippen LogP contribution in [-0.4, -0.2) is 151 Å². The van der Waals surface area contributed by atoms with Crippen LogP contribution in [0.1, 0.15) is 0 Å². The van der Waals surface area contributed by atoms with Gasteiger partial charge in [0.05, 0.1) is 49.0 Å². The SMILES string of the molecule is [B]c1c(O)c(N(c2c(O)c(O)c(O)c(O)c2O)c2c(O)c(O)c(O)c3oc4c(O)c(O)c(O)c(O)c4c23)c(O)c(O)c1-c1c(O)c(O)c2c(O)c(O)c(-c3c(O)c(O)c4c(O)c(O)c(O)c(O)c4c3O)c(O)c2c1O. The molecule has 0 atom stereocenters. The number of rotatable bonds is 5. The number of fused-ring (bicyclic) bond motifs is 5. The molecule has 75 heavy (non-hydrogen) atoms. The third-order valence-corrected chi connectivity index (χ3v) is 12.3. The fourth-order valence-electron chi connectivity index (χ4n) is 8.73. The van der Waals surface area contributed by atoms with Crippen LogP contribution in [0, 0.1) is 0 Å². The lowest BCUT2D eigenvalue weighted by atomic mass is 9.82. The van der Waals surface area contributed by atoms with Gasteiger partial charge in [0.1, 0.15) is 47.9 Å². The van der Waals surface area contributed by atoms with E-state index in [0.717, 1.165) is 0 Å². The molecule has 0 saturated heterocycles. The summed E-state index contributed by atoms with van der Waals surface area (Å²) in [6, 6.07) is 0. The molecule has 0 spiro atoms. The molecule has 1 aromatic heterocycles. The van der Waals surface area contributed by atoms with Gasteiger partial charge in [-0.2, -0.15) is 0 Å². The molecule has 0 saturated carbocycles. The van der Waals surface area contributed by atoms with E-state index in [1.807, 2.05) is 0 Å². The Hall–Kier alpha value is -11.7. The standard InChI is InChI=1S/C44H28BNO29/c45-11-1(3-15(47)4-8(22(54)19(3)51)23(55)20(52)5(16(4)48)6-17(49)7-9(24(56)21(6)53)26(58)34(66)33(65)25(7)57)18(50)30(62)13(28(11)60)46(14-31(63)36(68)39(71)37(69)32(14)64)12-2-10-27(59)35(67)40(72)42(74)44(10)75-43(2)41(73)38(70)29(12)61/h47-74H. The second-order valence-electron chi connectivity index (χ2n) is 16.1. The first-order valence-electron chi connectivity index (χ1n) is 19.9. The average Bonchev–Trinajstić information content (AvgIpc) is 3.78. The number of benzene rings is 8. The Morgan fingerprint density at radius 3 is 0.867 bits per heavy atom. The van der Waals surface area contributed by atoms with Crippen molar-refractivity contribution in [1.29, 1.82) is 0 Å². The van der Waals surface area contributed by atoms with E-state index in [2.05, 4.69) is 0 Å². The van der Waals surface area contributed by atoms with Gasteiger partial charge >= 0.3 is 0 Å². The number of phenols is 28. The third kappa shape index (κ3) is 5.66. The second kappa shape index (κ2) is 15.2. The molecule has 0 aliphatic rings. The molecule has 386 valence electrons. The van der Waals surface area contributed by atoms with E-state index in [1.54, 1.807) is 0 Å². The molecule has 8 aromatic carbocycles. The summed E-state index contributed by atoms with van der Waals surface area (Å²) < 4.78 is 5.33. The molecule has 0 fully saturated rings. The van der Waals surface area contributed by atoms with E-state index in [1.165, 1.54) is 0 Å². The Bertz CT molecular complexity index is 4130. The van der Waals surface area contributed by atoms with Gasteiger partial charge in [0, 0.05) is 5.56 Å². The van der Waals surface area contributed by atoms with Gasteiger partial charge in [0.15, 0.2) is 91.7 Å². The molecule has 2 radical (unpaired) electrons. The van der Waals surface area contributed by atoms with Crippen LogP contribution in [0.5, 0.6) is 161 Å². The van der Waals surface area contributed by atoms with Crippen molar-refractivity contribution in [2.45, 2.75) is 0 Å². The Kier molecular flexibility index (Phi) is 9.79. The largest absolute Gasteiger partial charge is 0.506 e. The van der Waals surface area contributed by atoms with Crippen LogP contribution in [-0.2, 0) is 0 Å². The molecular weight excluding hydrogens is 1020 g/mol. The van der Waals surface area contributed by atoms with Gasteiger partial charge in [-0.25, -0.2) is 0 Å². The molecule has 9 rings (SSSR count). The number of hydrogen-bond donors (Lipinski definition) is 28. The van der Waals surface area contributed by atoms with E-state index in [4.69, 9.17) is 12.3 Å². The monoisotopic (exact) mass is 1050 g/mol. The maximum Gasteiger partial charge on any atom is 0.208 e. The minimum Gasteiger partial charge on any atom is -0.506 e. The van der Waals surface area contributed by atoms with Gasteiger partial charge < -0.3 is 147 Å². The molecule has 28 N–H and O–H groups in total. The van der Waals surface area contributed by atoms with Crippen molar-refractivity contribution in [2.24, 2.45) is 0 Å². The van der Waals surface area contributed by atoms with Gasteiger partial charge in [0.25, 0.3) is 0 Å². The van der Waals surface area contributed by atoms with Gasteiger partial charge in [-0.05, 0) is 5.46 Å². The Morgan fingerprint density at radius 2 is 0.440 bits per heavy atom. The lowest BCUT2D eigenvalue weighted by Crippen LogP contribution is -2.17. The van der Waals surface area contributed by atoms with Crippen molar-refractivity contribution in [3.63, 3.8) is 0 Å². The lowest BCUT2D eigenvalue weighted by Gasteiger charge is -2.31. The summed E-state index contributed by atoms with van der Waals surface area (Å²) in [6.45, 7) is 0. The van der Waals surface area contributed by atoms with Crippen LogP contribution >= 0.6 is 0 Å². The summed E-state index contributed by atoms with van der Waals surface area (Å²) in [5, 5.41) is 302. The van der Waals surface area contributed by atoms with Crippen LogP contribution in [0.25, 0.3) is 65.7 Å². The van der Waals surface area contributed by atoms with Crippen molar-refractivity contribution in [3.05, 3.63) is 0 Å². The zero-order chi connectivity index (χ0) is 55.7. The summed E-state index contributed by atoms with van der Waals surface area (Å²) >= 11 is 0. The summed E-state index contributed by atoms with van der Waals surface area (Å²) in [6.07, 6.45) is 0. The number of furan rings is 1. The van der Waals surface area contributed by atoms with Gasteiger partial charge in [0.2, 0.25) is 57.5 Å². The van der Waals surface area contributed by atoms with Crippen molar-refractivity contribution < 1.29 is 147 Å². The third-order valence-electron chi connectivity index (χ3n) is 12.3. The predicted octanol–water partition coefficient (Wildman–Crippen LogP) is 3.25. The highest BCUT2D eigenvalue weighted by molar-refractivity contribution is 6.40. The highest BCUT2D eigenvalue weighted by Gasteiger charge is 2.42. The van der Waals surface area contributed by atoms with Gasteiger partial charge in [-0.1, -0.05) is 0 Å². The second-order valence-corrected chi connectivity index (χ2v) is 16.1. The first-order valence-corrected chi connectivity index (χ1v) is 19.9. The highest BCUT2D eigenvalue weighted by atomic mass is 16.4. The molecule has 9 aromatic rings. The molecule has 0 bridgehead atoms. The molecule has 0 aliphatic carbocycles. The van der Waals surface area contributed by atoms with Crippen molar-refractivity contribution in [2.75, 3.05) is 4.90 Å². The molecule has 30 nitrogen and oxygen atoms in total. The van der Waals surface area contributed by atoms with E-state index < -0.39 is 249 Å². The fourth-order valence-corrected chi connectivity index (χ4v) is 8.73. The van der Waals surface area contributed by atoms with E-state index in [-0.39, 0.29) is 4.90 Å². The number of nitrogens with zero attached hydrogens (tertiary/aromatic N) is 1. The minimum atomic E-state index is -2.00. The quantitative estimate of drug-likeness (QED) is 0.0668. The molecule has 1 heterocycles. The summed E-state index contributed by atoms with van der Waals surface area (Å²) in [7, 11) is 6.25. The Labute approximate surface area is 408 Å². The topological polar surface area (TPSA) is 583 Å². The van der Waals surface area contributed by atoms with Gasteiger partial charge in [-0.15, -0.1) is 0 Å². The predicted molar refractivity (Wildman–Crippen MR) is 246 cm³/mol. The Morgan fingerprint density at radius 1 is 0.200 bits per heavy atom. The average molecular weight is 1050 g/mol. The van der Waals surface area contributed by atoms with Crippen LogP contribution in [0.4, 0.5) is 17.1 Å². The molecule has 31 heteroatoms. The number of aromatic hydroxyl groups is 28. The van der Waals surface area contributed by atoms with E-state index >= 15 is 0 Å². The fraction of sp³-hybridized carbons (Fsp3) is 0. The highest BCUT2D eigenvalue weighted by Crippen LogP contribution is 2.69. The lowest BCUT2D eigenvalue weighted by molar-refractivity contribution is 0.329. The van der Waals surface area contributed by atoms with E-state index in [9.17, 15) is 143 Å². The molecule has 0 unspecified atom stereocenters. The molecule has 0 aliphatic heterocycles. The summed E-state index contributed by atoms with van der Waals surface area (Å²) in [5.41, 5.74) is -14.9. The maximum atomic E-state index is 12.0.